The second-order valence-corrected chi connectivity index (χ2v) is 4.39. The molecule has 2 aromatic rings. The molecule has 18 heavy (non-hydrogen) atoms. The van der Waals surface area contributed by atoms with Crippen LogP contribution in [0.3, 0.4) is 0 Å². The van der Waals surface area contributed by atoms with Gasteiger partial charge in [0.1, 0.15) is 0 Å². The maximum absolute atomic E-state index is 11.6. The molecule has 0 aliphatic rings. The van der Waals surface area contributed by atoms with E-state index < -0.39 is 0 Å². The zero-order chi connectivity index (χ0) is 13.0. The van der Waals surface area contributed by atoms with E-state index in [0.717, 1.165) is 11.3 Å². The summed E-state index contributed by atoms with van der Waals surface area (Å²) in [7, 11) is 0. The Labute approximate surface area is 106 Å². The maximum atomic E-state index is 11.6. The summed E-state index contributed by atoms with van der Waals surface area (Å²) in [5.74, 6) is 0. The summed E-state index contributed by atoms with van der Waals surface area (Å²) in [6, 6.07) is 9.74. The number of nitrogens with zero attached hydrogens (tertiary/aromatic N) is 2. The monoisotopic (exact) mass is 243 g/mol. The van der Waals surface area contributed by atoms with E-state index >= 15 is 0 Å². The predicted octanol–water partition coefficient (Wildman–Crippen LogP) is 1.97. The molecule has 0 bridgehead atoms. The summed E-state index contributed by atoms with van der Waals surface area (Å²) in [6.45, 7) is 5.16. The number of benzene rings is 1. The molecule has 1 aromatic heterocycles. The second kappa shape index (κ2) is 5.49. The molecule has 2 rings (SSSR count). The molecule has 0 amide bonds. The van der Waals surface area contributed by atoms with Crippen LogP contribution in [0.5, 0.6) is 0 Å². The Bertz CT molecular complexity index is 590. The maximum Gasteiger partial charge on any atom is 0.267 e. The minimum Gasteiger partial charge on any atom is -0.383 e. The lowest BCUT2D eigenvalue weighted by Gasteiger charge is -2.08. The Kier molecular flexibility index (Phi) is 3.77. The van der Waals surface area contributed by atoms with Crippen molar-refractivity contribution in [2.75, 3.05) is 11.9 Å². The number of hydrogen-bond acceptors (Lipinski definition) is 3. The zero-order valence-corrected chi connectivity index (χ0v) is 10.7. The molecule has 0 aliphatic heterocycles. The first kappa shape index (κ1) is 12.4. The van der Waals surface area contributed by atoms with Crippen molar-refractivity contribution in [2.24, 2.45) is 0 Å². The van der Waals surface area contributed by atoms with E-state index in [1.807, 2.05) is 19.1 Å². The summed E-state index contributed by atoms with van der Waals surface area (Å²) in [4.78, 5) is 11.6. The van der Waals surface area contributed by atoms with Crippen LogP contribution in [0.1, 0.15) is 11.1 Å². The number of nitrogens with one attached hydrogen (secondary N) is 1. The third-order valence-electron chi connectivity index (χ3n) is 2.68. The van der Waals surface area contributed by atoms with E-state index in [9.17, 15) is 4.79 Å². The molecule has 4 nitrogen and oxygen atoms in total. The van der Waals surface area contributed by atoms with Crippen molar-refractivity contribution in [3.05, 3.63) is 58.0 Å². The standard InChI is InChI=1S/C14H17N3O/c1-11-4-3-5-13(8-11)15-6-7-17-14(18)9-12(2)10-16-17/h3-5,8-10,15H,6-7H2,1-2H3. The van der Waals surface area contributed by atoms with E-state index in [4.69, 9.17) is 0 Å². The van der Waals surface area contributed by atoms with Gasteiger partial charge in [-0.2, -0.15) is 5.10 Å². The first-order valence-corrected chi connectivity index (χ1v) is 5.99. The van der Waals surface area contributed by atoms with Crippen LogP contribution in [0.4, 0.5) is 5.69 Å². The Balaban J connectivity index is 1.94. The minimum atomic E-state index is -0.0546. The summed E-state index contributed by atoms with van der Waals surface area (Å²) in [6.07, 6.45) is 1.70. The molecule has 0 unspecified atom stereocenters. The molecule has 0 spiro atoms. The molecule has 0 fully saturated rings. The van der Waals surface area contributed by atoms with Crippen molar-refractivity contribution in [3.63, 3.8) is 0 Å². The predicted molar refractivity (Wildman–Crippen MR) is 72.9 cm³/mol. The van der Waals surface area contributed by atoms with Gasteiger partial charge in [-0.25, -0.2) is 4.68 Å². The van der Waals surface area contributed by atoms with Gasteiger partial charge in [0.25, 0.3) is 5.56 Å². The molecule has 0 saturated heterocycles. The average Bonchev–Trinajstić information content (AvgIpc) is 2.32. The smallest absolute Gasteiger partial charge is 0.267 e. The third kappa shape index (κ3) is 3.20. The van der Waals surface area contributed by atoms with Crippen molar-refractivity contribution in [2.45, 2.75) is 20.4 Å². The molecule has 94 valence electrons. The zero-order valence-electron chi connectivity index (χ0n) is 10.7. The van der Waals surface area contributed by atoms with Crippen LogP contribution in [0.15, 0.2) is 41.3 Å². The fraction of sp³-hybridized carbons (Fsp3) is 0.286. The van der Waals surface area contributed by atoms with E-state index in [0.29, 0.717) is 13.1 Å². The lowest BCUT2D eigenvalue weighted by molar-refractivity contribution is 0.595. The Hall–Kier alpha value is -2.10. The molecule has 1 aromatic carbocycles. The Morgan fingerprint density at radius 1 is 1.22 bits per heavy atom. The van der Waals surface area contributed by atoms with Gasteiger partial charge in [-0.05, 0) is 37.1 Å². The first-order chi connectivity index (χ1) is 8.65. The van der Waals surface area contributed by atoms with E-state index in [2.05, 4.69) is 29.5 Å². The van der Waals surface area contributed by atoms with Gasteiger partial charge in [0.2, 0.25) is 0 Å². The van der Waals surface area contributed by atoms with Gasteiger partial charge >= 0.3 is 0 Å². The van der Waals surface area contributed by atoms with Crippen molar-refractivity contribution >= 4 is 5.69 Å². The molecule has 1 heterocycles. The van der Waals surface area contributed by atoms with Crippen LogP contribution in [0, 0.1) is 13.8 Å². The largest absolute Gasteiger partial charge is 0.383 e. The van der Waals surface area contributed by atoms with Crippen molar-refractivity contribution < 1.29 is 0 Å². The van der Waals surface area contributed by atoms with Gasteiger partial charge in [-0.1, -0.05) is 12.1 Å². The highest BCUT2D eigenvalue weighted by Crippen LogP contribution is 2.08. The number of hydrogen-bond donors (Lipinski definition) is 1. The molecule has 0 saturated carbocycles. The third-order valence-corrected chi connectivity index (χ3v) is 2.68. The van der Waals surface area contributed by atoms with Crippen LogP contribution >= 0.6 is 0 Å². The van der Waals surface area contributed by atoms with Crippen molar-refractivity contribution in [3.8, 4) is 0 Å². The first-order valence-electron chi connectivity index (χ1n) is 5.99. The molecule has 0 aliphatic carbocycles. The number of rotatable bonds is 4. The lowest BCUT2D eigenvalue weighted by Crippen LogP contribution is -2.25. The molecule has 0 radical (unpaired) electrons. The molecular formula is C14H17N3O. The minimum absolute atomic E-state index is 0.0546. The van der Waals surface area contributed by atoms with Crippen LogP contribution < -0.4 is 10.9 Å². The average molecular weight is 243 g/mol. The highest BCUT2D eigenvalue weighted by molar-refractivity contribution is 5.45. The quantitative estimate of drug-likeness (QED) is 0.893. The molecule has 4 heteroatoms. The second-order valence-electron chi connectivity index (χ2n) is 4.39. The van der Waals surface area contributed by atoms with Gasteiger partial charge in [-0.3, -0.25) is 4.79 Å². The topological polar surface area (TPSA) is 46.9 Å². The molecule has 0 atom stereocenters. The Morgan fingerprint density at radius 3 is 2.78 bits per heavy atom. The molecule has 1 N–H and O–H groups in total. The summed E-state index contributed by atoms with van der Waals surface area (Å²) >= 11 is 0. The fourth-order valence-corrected chi connectivity index (χ4v) is 1.75. The highest BCUT2D eigenvalue weighted by Gasteiger charge is 1.97. The van der Waals surface area contributed by atoms with E-state index in [-0.39, 0.29) is 5.56 Å². The van der Waals surface area contributed by atoms with Crippen LogP contribution in [0.25, 0.3) is 0 Å². The highest BCUT2D eigenvalue weighted by atomic mass is 16.1. The number of aryl methyl sites for hydroxylation is 2. The van der Waals surface area contributed by atoms with Crippen molar-refractivity contribution in [1.29, 1.82) is 0 Å². The number of anilines is 1. The van der Waals surface area contributed by atoms with Crippen LogP contribution in [-0.4, -0.2) is 16.3 Å². The fourth-order valence-electron chi connectivity index (χ4n) is 1.75. The van der Waals surface area contributed by atoms with Gasteiger partial charge < -0.3 is 5.32 Å². The SMILES string of the molecule is Cc1cccc(NCCn2ncc(C)cc2=O)c1. The summed E-state index contributed by atoms with van der Waals surface area (Å²) < 4.78 is 1.47. The van der Waals surface area contributed by atoms with Crippen LogP contribution in [-0.2, 0) is 6.54 Å². The van der Waals surface area contributed by atoms with Gasteiger partial charge in [0.05, 0.1) is 12.7 Å². The lowest BCUT2D eigenvalue weighted by atomic mass is 10.2. The van der Waals surface area contributed by atoms with Gasteiger partial charge in [-0.15, -0.1) is 0 Å². The van der Waals surface area contributed by atoms with Crippen LogP contribution in [0.2, 0.25) is 0 Å². The van der Waals surface area contributed by atoms with E-state index in [1.54, 1.807) is 12.3 Å². The summed E-state index contributed by atoms with van der Waals surface area (Å²) in [5.41, 5.74) is 3.12. The summed E-state index contributed by atoms with van der Waals surface area (Å²) in [5, 5.41) is 7.37. The van der Waals surface area contributed by atoms with Gasteiger partial charge in [0, 0.05) is 18.3 Å². The Morgan fingerprint density at radius 2 is 2.06 bits per heavy atom. The van der Waals surface area contributed by atoms with E-state index in [1.165, 1.54) is 10.2 Å². The normalized spacial score (nSPS) is 10.3. The molecular weight excluding hydrogens is 226 g/mol. The van der Waals surface area contributed by atoms with Gasteiger partial charge in [0.15, 0.2) is 0 Å². The van der Waals surface area contributed by atoms with Crippen molar-refractivity contribution in [1.82, 2.24) is 9.78 Å². The number of aromatic nitrogens is 2.